The smallest absolute Gasteiger partial charge is 0.124 e. The molecule has 0 spiro atoms. The Bertz CT molecular complexity index is 577. The maximum Gasteiger partial charge on any atom is 0.124 e. The minimum atomic E-state index is -0.244. The summed E-state index contributed by atoms with van der Waals surface area (Å²) in [5, 5.41) is 0.554. The second-order valence-electron chi connectivity index (χ2n) is 3.71. The molecular weight excluding hydrogens is 337 g/mol. The molecule has 0 saturated carbocycles. The number of benzene rings is 2. The largest absolute Gasteiger partial charge is 0.398 e. The van der Waals surface area contributed by atoms with Gasteiger partial charge in [0.15, 0.2) is 0 Å². The number of anilines is 1. The van der Waals surface area contributed by atoms with Crippen LogP contribution in [0.15, 0.2) is 45.8 Å². The van der Waals surface area contributed by atoms with Gasteiger partial charge in [0, 0.05) is 15.1 Å². The van der Waals surface area contributed by atoms with Gasteiger partial charge in [-0.3, -0.25) is 0 Å². The Morgan fingerprint density at radius 2 is 2.00 bits per heavy atom. The van der Waals surface area contributed by atoms with E-state index in [9.17, 15) is 4.39 Å². The molecule has 0 aliphatic rings. The monoisotopic (exact) mass is 345 g/mol. The van der Waals surface area contributed by atoms with Crippen LogP contribution in [0.2, 0.25) is 5.02 Å². The van der Waals surface area contributed by atoms with Crippen LogP contribution in [0.3, 0.4) is 0 Å². The number of hydrogen-bond donors (Lipinski definition) is 1. The first-order valence-corrected chi connectivity index (χ1v) is 7.33. The van der Waals surface area contributed by atoms with E-state index in [0.717, 1.165) is 20.7 Å². The van der Waals surface area contributed by atoms with Gasteiger partial charge in [-0.1, -0.05) is 33.6 Å². The van der Waals surface area contributed by atoms with Crippen molar-refractivity contribution in [3.05, 3.63) is 57.3 Å². The second kappa shape index (κ2) is 5.95. The number of thioether (sulfide) groups is 1. The van der Waals surface area contributed by atoms with Gasteiger partial charge in [-0.05, 0) is 35.9 Å². The fourth-order valence-electron chi connectivity index (χ4n) is 1.40. The van der Waals surface area contributed by atoms with Crippen molar-refractivity contribution in [1.82, 2.24) is 0 Å². The van der Waals surface area contributed by atoms with Crippen LogP contribution in [0, 0.1) is 5.82 Å². The lowest BCUT2D eigenvalue weighted by molar-refractivity contribution is 0.626. The van der Waals surface area contributed by atoms with E-state index in [4.69, 9.17) is 17.3 Å². The Morgan fingerprint density at radius 1 is 1.22 bits per heavy atom. The lowest BCUT2D eigenvalue weighted by Crippen LogP contribution is -1.87. The molecular formula is C13H10BrClFNS. The zero-order valence-corrected chi connectivity index (χ0v) is 12.4. The van der Waals surface area contributed by atoms with E-state index in [1.165, 1.54) is 12.1 Å². The molecule has 0 fully saturated rings. The van der Waals surface area contributed by atoms with Gasteiger partial charge in [0.05, 0.1) is 10.7 Å². The molecule has 0 radical (unpaired) electrons. The predicted octanol–water partition coefficient (Wildman–Crippen LogP) is 5.12. The molecule has 2 rings (SSSR count). The molecule has 1 nitrogen and oxygen atoms in total. The maximum atomic E-state index is 12.9. The highest BCUT2D eigenvalue weighted by Gasteiger charge is 2.04. The number of nitrogens with two attached hydrogens (primary N) is 1. The first-order chi connectivity index (χ1) is 8.56. The van der Waals surface area contributed by atoms with Crippen LogP contribution in [0.4, 0.5) is 10.1 Å². The summed E-state index contributed by atoms with van der Waals surface area (Å²) in [6.07, 6.45) is 0. The van der Waals surface area contributed by atoms with E-state index < -0.39 is 0 Å². The van der Waals surface area contributed by atoms with Crippen LogP contribution >= 0.6 is 39.3 Å². The minimum Gasteiger partial charge on any atom is -0.398 e. The fourth-order valence-corrected chi connectivity index (χ4v) is 3.26. The van der Waals surface area contributed by atoms with Crippen LogP contribution in [-0.2, 0) is 5.75 Å². The average molecular weight is 347 g/mol. The van der Waals surface area contributed by atoms with Gasteiger partial charge in [-0.15, -0.1) is 11.8 Å². The minimum absolute atomic E-state index is 0.244. The summed E-state index contributed by atoms with van der Waals surface area (Å²) >= 11 is 10.9. The molecule has 0 aromatic heterocycles. The number of hydrogen-bond acceptors (Lipinski definition) is 2. The Kier molecular flexibility index (Phi) is 4.54. The summed E-state index contributed by atoms with van der Waals surface area (Å²) in [7, 11) is 0. The van der Waals surface area contributed by atoms with Crippen molar-refractivity contribution in [3.8, 4) is 0 Å². The van der Waals surface area contributed by atoms with Crippen molar-refractivity contribution >= 4 is 45.0 Å². The summed E-state index contributed by atoms with van der Waals surface area (Å²) < 4.78 is 13.7. The third-order valence-corrected chi connectivity index (χ3v) is 4.49. The Labute approximate surface area is 123 Å². The first-order valence-electron chi connectivity index (χ1n) is 5.18. The predicted molar refractivity (Wildman–Crippen MR) is 79.5 cm³/mol. The lowest BCUT2D eigenvalue weighted by atomic mass is 10.2. The van der Waals surface area contributed by atoms with Gasteiger partial charge in [0.1, 0.15) is 5.82 Å². The molecule has 0 saturated heterocycles. The van der Waals surface area contributed by atoms with E-state index in [0.29, 0.717) is 10.7 Å². The van der Waals surface area contributed by atoms with Crippen molar-refractivity contribution < 1.29 is 4.39 Å². The third kappa shape index (κ3) is 3.40. The zero-order valence-electron chi connectivity index (χ0n) is 9.29. The van der Waals surface area contributed by atoms with Gasteiger partial charge in [-0.25, -0.2) is 4.39 Å². The zero-order chi connectivity index (χ0) is 13.1. The van der Waals surface area contributed by atoms with Crippen molar-refractivity contribution in [1.29, 1.82) is 0 Å². The van der Waals surface area contributed by atoms with Crippen LogP contribution < -0.4 is 5.73 Å². The van der Waals surface area contributed by atoms with E-state index in [1.54, 1.807) is 23.9 Å². The van der Waals surface area contributed by atoms with Crippen LogP contribution in [0.5, 0.6) is 0 Å². The normalized spacial score (nSPS) is 10.6. The molecule has 0 atom stereocenters. The van der Waals surface area contributed by atoms with Gasteiger partial charge in [-0.2, -0.15) is 0 Å². The highest BCUT2D eigenvalue weighted by atomic mass is 79.9. The van der Waals surface area contributed by atoms with Gasteiger partial charge >= 0.3 is 0 Å². The van der Waals surface area contributed by atoms with Gasteiger partial charge in [0.2, 0.25) is 0 Å². The van der Waals surface area contributed by atoms with Crippen molar-refractivity contribution in [3.63, 3.8) is 0 Å². The van der Waals surface area contributed by atoms with Crippen molar-refractivity contribution in [2.75, 3.05) is 5.73 Å². The number of rotatable bonds is 3. The molecule has 94 valence electrons. The summed E-state index contributed by atoms with van der Waals surface area (Å²) in [5.74, 6) is 0.493. The van der Waals surface area contributed by atoms with E-state index >= 15 is 0 Å². The quantitative estimate of drug-likeness (QED) is 0.617. The molecule has 2 aromatic rings. The lowest BCUT2D eigenvalue weighted by Gasteiger charge is -2.06. The molecule has 0 heterocycles. The molecule has 0 amide bonds. The fraction of sp³-hybridized carbons (Fsp3) is 0.0769. The summed E-state index contributed by atoms with van der Waals surface area (Å²) in [5.41, 5.74) is 7.26. The molecule has 18 heavy (non-hydrogen) atoms. The van der Waals surface area contributed by atoms with E-state index in [-0.39, 0.29) is 5.82 Å². The Balaban J connectivity index is 2.09. The van der Waals surface area contributed by atoms with E-state index in [2.05, 4.69) is 15.9 Å². The topological polar surface area (TPSA) is 26.0 Å². The van der Waals surface area contributed by atoms with E-state index in [1.807, 2.05) is 12.1 Å². The summed E-state index contributed by atoms with van der Waals surface area (Å²) in [6.45, 7) is 0. The van der Waals surface area contributed by atoms with Gasteiger partial charge < -0.3 is 5.73 Å². The highest BCUT2D eigenvalue weighted by Crippen LogP contribution is 2.30. The standard InChI is InChI=1S/C13H10BrClFNS/c14-11-5-9(16)2-1-8(11)7-18-10-3-4-13(17)12(15)6-10/h1-6H,7,17H2. The molecule has 0 aliphatic carbocycles. The summed E-state index contributed by atoms with van der Waals surface area (Å²) in [6, 6.07) is 10.2. The average Bonchev–Trinajstić information content (AvgIpc) is 2.32. The van der Waals surface area contributed by atoms with Crippen LogP contribution in [0.1, 0.15) is 5.56 Å². The Hall–Kier alpha value is -0.710. The third-order valence-electron chi connectivity index (χ3n) is 2.38. The highest BCUT2D eigenvalue weighted by molar-refractivity contribution is 9.10. The molecule has 0 unspecified atom stereocenters. The first kappa shape index (κ1) is 13.7. The SMILES string of the molecule is Nc1ccc(SCc2ccc(F)cc2Br)cc1Cl. The molecule has 2 aromatic carbocycles. The van der Waals surface area contributed by atoms with Crippen LogP contribution in [-0.4, -0.2) is 0 Å². The maximum absolute atomic E-state index is 12.9. The molecule has 2 N–H and O–H groups in total. The molecule has 0 aliphatic heterocycles. The second-order valence-corrected chi connectivity index (χ2v) is 6.02. The van der Waals surface area contributed by atoms with Crippen molar-refractivity contribution in [2.45, 2.75) is 10.6 Å². The molecule has 5 heteroatoms. The molecule has 0 bridgehead atoms. The van der Waals surface area contributed by atoms with Crippen molar-refractivity contribution in [2.24, 2.45) is 0 Å². The van der Waals surface area contributed by atoms with Gasteiger partial charge in [0.25, 0.3) is 0 Å². The van der Waals surface area contributed by atoms with Crippen LogP contribution in [0.25, 0.3) is 0 Å². The number of halogens is 3. The Morgan fingerprint density at radius 3 is 2.67 bits per heavy atom. The number of nitrogen functional groups attached to an aromatic ring is 1. The summed E-state index contributed by atoms with van der Waals surface area (Å²) in [4.78, 5) is 1.03.